The Balaban J connectivity index is 1.53. The molecule has 2 aromatic heterocycles. The molecular formula is C19H17ClN4O2. The van der Waals surface area contributed by atoms with Crippen LogP contribution in [-0.4, -0.2) is 32.7 Å². The summed E-state index contributed by atoms with van der Waals surface area (Å²) in [6, 6.07) is 10.7. The quantitative estimate of drug-likeness (QED) is 0.741. The highest BCUT2D eigenvalue weighted by Gasteiger charge is 2.36. The molecule has 0 bridgehead atoms. The molecule has 132 valence electrons. The average molecular weight is 369 g/mol. The third kappa shape index (κ3) is 3.15. The van der Waals surface area contributed by atoms with Crippen molar-refractivity contribution in [3.8, 4) is 0 Å². The summed E-state index contributed by atoms with van der Waals surface area (Å²) in [4.78, 5) is 33.9. The summed E-state index contributed by atoms with van der Waals surface area (Å²) in [6.45, 7) is 0.398. The van der Waals surface area contributed by atoms with Crippen molar-refractivity contribution in [3.63, 3.8) is 0 Å². The molecule has 1 atom stereocenters. The Morgan fingerprint density at radius 2 is 2.15 bits per heavy atom. The number of benzene rings is 1. The van der Waals surface area contributed by atoms with E-state index in [0.717, 1.165) is 16.5 Å². The molecule has 3 heterocycles. The first-order valence-corrected chi connectivity index (χ1v) is 8.76. The number of H-pyrrole nitrogens is 1. The van der Waals surface area contributed by atoms with E-state index < -0.39 is 6.04 Å². The topological polar surface area (TPSA) is 78.1 Å². The maximum absolute atomic E-state index is 12.7. The van der Waals surface area contributed by atoms with Gasteiger partial charge in [0.05, 0.1) is 5.02 Å². The Morgan fingerprint density at radius 1 is 1.31 bits per heavy atom. The maximum atomic E-state index is 12.7. The van der Waals surface area contributed by atoms with E-state index in [1.165, 1.54) is 6.20 Å². The van der Waals surface area contributed by atoms with Gasteiger partial charge in [0.2, 0.25) is 11.8 Å². The molecule has 0 radical (unpaired) electrons. The number of amides is 2. The van der Waals surface area contributed by atoms with E-state index in [-0.39, 0.29) is 11.8 Å². The predicted octanol–water partition coefficient (Wildman–Crippen LogP) is 3.35. The van der Waals surface area contributed by atoms with Crippen LogP contribution in [-0.2, 0) is 16.1 Å². The van der Waals surface area contributed by atoms with Crippen LogP contribution in [0.5, 0.6) is 0 Å². The van der Waals surface area contributed by atoms with Crippen molar-refractivity contribution in [1.29, 1.82) is 0 Å². The number of pyridine rings is 1. The standard InChI is InChI=1S/C19H17ClN4O2/c20-13-5-7-17(22-10-13)23-19(26)16-6-8-18(25)24(16)11-12-9-21-15-4-2-1-3-14(12)15/h1-5,7,9-10,16,21H,6,8,11H2,(H,22,23,26). The number of likely N-dealkylation sites (tertiary alicyclic amines) is 1. The minimum Gasteiger partial charge on any atom is -0.361 e. The van der Waals surface area contributed by atoms with Gasteiger partial charge >= 0.3 is 0 Å². The van der Waals surface area contributed by atoms with Crippen LogP contribution < -0.4 is 5.32 Å². The zero-order valence-electron chi connectivity index (χ0n) is 13.9. The molecule has 1 saturated heterocycles. The normalized spacial score (nSPS) is 17.0. The molecule has 1 aromatic carbocycles. The van der Waals surface area contributed by atoms with Gasteiger partial charge in [0.15, 0.2) is 0 Å². The van der Waals surface area contributed by atoms with E-state index in [1.54, 1.807) is 17.0 Å². The Kier molecular flexibility index (Phi) is 4.34. The van der Waals surface area contributed by atoms with Crippen LogP contribution in [0.1, 0.15) is 18.4 Å². The molecule has 7 heteroatoms. The molecule has 1 aliphatic rings. The highest BCUT2D eigenvalue weighted by molar-refractivity contribution is 6.30. The number of nitrogens with one attached hydrogen (secondary N) is 2. The monoisotopic (exact) mass is 368 g/mol. The van der Waals surface area contributed by atoms with E-state index >= 15 is 0 Å². The zero-order valence-corrected chi connectivity index (χ0v) is 14.7. The number of halogens is 1. The highest BCUT2D eigenvalue weighted by Crippen LogP contribution is 2.26. The van der Waals surface area contributed by atoms with Crippen molar-refractivity contribution >= 4 is 40.1 Å². The van der Waals surface area contributed by atoms with Gasteiger partial charge in [-0.15, -0.1) is 0 Å². The van der Waals surface area contributed by atoms with Gasteiger partial charge < -0.3 is 15.2 Å². The molecular weight excluding hydrogens is 352 g/mol. The second-order valence-electron chi connectivity index (χ2n) is 6.29. The zero-order chi connectivity index (χ0) is 18.1. The maximum Gasteiger partial charge on any atom is 0.248 e. The molecule has 0 saturated carbocycles. The number of carbonyl (C=O) groups is 2. The van der Waals surface area contributed by atoms with Gasteiger partial charge in [0.1, 0.15) is 11.9 Å². The van der Waals surface area contributed by atoms with E-state index in [0.29, 0.717) is 30.2 Å². The molecule has 1 unspecified atom stereocenters. The van der Waals surface area contributed by atoms with Crippen molar-refractivity contribution in [3.05, 3.63) is 59.4 Å². The summed E-state index contributed by atoms with van der Waals surface area (Å²) < 4.78 is 0. The van der Waals surface area contributed by atoms with Gasteiger partial charge in [-0.1, -0.05) is 29.8 Å². The molecule has 2 amide bonds. The van der Waals surface area contributed by atoms with Crippen LogP contribution >= 0.6 is 11.6 Å². The van der Waals surface area contributed by atoms with Gasteiger partial charge in [-0.2, -0.15) is 0 Å². The summed E-state index contributed by atoms with van der Waals surface area (Å²) in [7, 11) is 0. The molecule has 26 heavy (non-hydrogen) atoms. The molecule has 1 fully saturated rings. The second kappa shape index (κ2) is 6.80. The van der Waals surface area contributed by atoms with Gasteiger partial charge in [-0.25, -0.2) is 4.98 Å². The summed E-state index contributed by atoms with van der Waals surface area (Å²) in [5, 5.41) is 4.33. The largest absolute Gasteiger partial charge is 0.361 e. The Labute approximate surface area is 155 Å². The number of anilines is 1. The number of carbonyl (C=O) groups excluding carboxylic acids is 2. The smallest absolute Gasteiger partial charge is 0.248 e. The first kappa shape index (κ1) is 16.6. The third-order valence-electron chi connectivity index (χ3n) is 4.63. The Morgan fingerprint density at radius 3 is 2.96 bits per heavy atom. The SMILES string of the molecule is O=C(Nc1ccc(Cl)cn1)C1CCC(=O)N1Cc1c[nH]c2ccccc12. The number of rotatable bonds is 4. The van der Waals surface area contributed by atoms with Gasteiger partial charge in [-0.05, 0) is 30.2 Å². The minimum absolute atomic E-state index is 0.0144. The number of nitrogens with zero attached hydrogens (tertiary/aromatic N) is 2. The number of hydrogen-bond acceptors (Lipinski definition) is 3. The van der Waals surface area contributed by atoms with E-state index in [9.17, 15) is 9.59 Å². The van der Waals surface area contributed by atoms with Crippen LogP contribution in [0, 0.1) is 0 Å². The van der Waals surface area contributed by atoms with E-state index in [2.05, 4.69) is 15.3 Å². The molecule has 3 aromatic rings. The number of para-hydroxylation sites is 1. The van der Waals surface area contributed by atoms with Gasteiger partial charge in [0, 0.05) is 36.3 Å². The van der Waals surface area contributed by atoms with Crippen molar-refractivity contribution in [2.45, 2.75) is 25.4 Å². The fraction of sp³-hybridized carbons (Fsp3) is 0.211. The van der Waals surface area contributed by atoms with Crippen LogP contribution in [0.15, 0.2) is 48.8 Å². The highest BCUT2D eigenvalue weighted by atomic mass is 35.5. The summed E-state index contributed by atoms with van der Waals surface area (Å²) >= 11 is 5.81. The lowest BCUT2D eigenvalue weighted by atomic mass is 10.1. The molecule has 6 nitrogen and oxygen atoms in total. The van der Waals surface area contributed by atoms with Crippen molar-refractivity contribution in [2.75, 3.05) is 5.32 Å². The lowest BCUT2D eigenvalue weighted by Gasteiger charge is -2.23. The van der Waals surface area contributed by atoms with Crippen molar-refractivity contribution < 1.29 is 9.59 Å². The van der Waals surface area contributed by atoms with Crippen LogP contribution in [0.4, 0.5) is 5.82 Å². The Hall–Kier alpha value is -2.86. The van der Waals surface area contributed by atoms with Gasteiger partial charge in [0.25, 0.3) is 0 Å². The van der Waals surface area contributed by atoms with Crippen LogP contribution in [0.2, 0.25) is 5.02 Å². The first-order chi connectivity index (χ1) is 12.6. The average Bonchev–Trinajstić information content (AvgIpc) is 3.22. The molecule has 1 aliphatic heterocycles. The summed E-state index contributed by atoms with van der Waals surface area (Å²) in [5.74, 6) is 0.177. The summed E-state index contributed by atoms with van der Waals surface area (Å²) in [5.41, 5.74) is 2.01. The fourth-order valence-corrected chi connectivity index (χ4v) is 3.42. The van der Waals surface area contributed by atoms with E-state index in [1.807, 2.05) is 30.5 Å². The molecule has 2 N–H and O–H groups in total. The van der Waals surface area contributed by atoms with Crippen molar-refractivity contribution in [2.24, 2.45) is 0 Å². The van der Waals surface area contributed by atoms with E-state index in [4.69, 9.17) is 11.6 Å². The van der Waals surface area contributed by atoms with Crippen LogP contribution in [0.3, 0.4) is 0 Å². The Bertz CT molecular complexity index is 967. The number of aromatic nitrogens is 2. The lowest BCUT2D eigenvalue weighted by Crippen LogP contribution is -2.41. The molecule has 0 aliphatic carbocycles. The third-order valence-corrected chi connectivity index (χ3v) is 4.85. The minimum atomic E-state index is -0.506. The van der Waals surface area contributed by atoms with Gasteiger partial charge in [-0.3, -0.25) is 9.59 Å². The number of aromatic amines is 1. The lowest BCUT2D eigenvalue weighted by molar-refractivity contribution is -0.133. The van der Waals surface area contributed by atoms with Crippen LogP contribution in [0.25, 0.3) is 10.9 Å². The predicted molar refractivity (Wildman–Crippen MR) is 99.7 cm³/mol. The first-order valence-electron chi connectivity index (χ1n) is 8.39. The van der Waals surface area contributed by atoms with Crippen molar-refractivity contribution in [1.82, 2.24) is 14.9 Å². The second-order valence-corrected chi connectivity index (χ2v) is 6.72. The fourth-order valence-electron chi connectivity index (χ4n) is 3.31. The molecule has 4 rings (SSSR count). The number of hydrogen-bond donors (Lipinski definition) is 2. The molecule has 0 spiro atoms. The summed E-state index contributed by atoms with van der Waals surface area (Å²) in [6.07, 6.45) is 4.24. The number of fused-ring (bicyclic) bond motifs is 1.